The van der Waals surface area contributed by atoms with Crippen LogP contribution in [0, 0.1) is 10.1 Å². The predicted molar refractivity (Wildman–Crippen MR) is 90.5 cm³/mol. The van der Waals surface area contributed by atoms with Crippen molar-refractivity contribution in [3.05, 3.63) is 55.5 Å². The minimum atomic E-state index is -3.60. The van der Waals surface area contributed by atoms with Gasteiger partial charge in [-0.15, -0.1) is 0 Å². The van der Waals surface area contributed by atoms with E-state index in [0.29, 0.717) is 36.3 Å². The SMILES string of the molecule is CS(=O)(=O)c1nc2c(c(=O)[nH]1)CN(Cc1ccc([N+](=O)[O-])c(O)c1)CC2. The van der Waals surface area contributed by atoms with Gasteiger partial charge in [0.25, 0.3) is 5.56 Å². The van der Waals surface area contributed by atoms with Gasteiger partial charge in [0, 0.05) is 38.4 Å². The van der Waals surface area contributed by atoms with Crippen molar-refractivity contribution in [3.63, 3.8) is 0 Å². The number of nitrogens with one attached hydrogen (secondary N) is 1. The topological polar surface area (TPSA) is 146 Å². The van der Waals surface area contributed by atoms with Crippen LogP contribution in [0.2, 0.25) is 0 Å². The predicted octanol–water partition coefficient (Wildman–Crippen LogP) is 0.345. The zero-order valence-electron chi connectivity index (χ0n) is 13.8. The molecule has 0 amide bonds. The molecule has 0 unspecified atom stereocenters. The second kappa shape index (κ2) is 6.50. The van der Waals surface area contributed by atoms with E-state index >= 15 is 0 Å². The van der Waals surface area contributed by atoms with Gasteiger partial charge in [0.2, 0.25) is 15.0 Å². The highest BCUT2D eigenvalue weighted by Crippen LogP contribution is 2.27. The molecular weight excluding hydrogens is 364 g/mol. The smallest absolute Gasteiger partial charge is 0.310 e. The van der Waals surface area contributed by atoms with E-state index in [1.54, 1.807) is 6.07 Å². The largest absolute Gasteiger partial charge is 0.502 e. The molecule has 138 valence electrons. The molecule has 0 saturated heterocycles. The van der Waals surface area contributed by atoms with Gasteiger partial charge in [-0.1, -0.05) is 6.07 Å². The van der Waals surface area contributed by atoms with E-state index in [0.717, 1.165) is 6.26 Å². The Kier molecular flexibility index (Phi) is 4.50. The number of fused-ring (bicyclic) bond motifs is 1. The van der Waals surface area contributed by atoms with Crippen molar-refractivity contribution < 1.29 is 18.4 Å². The first kappa shape index (κ1) is 18.0. The standard InChI is InChI=1S/C15H16N4O6S/c1-26(24,25)15-16-11-4-5-18(8-10(11)14(21)17-15)7-9-2-3-12(19(22)23)13(20)6-9/h2-3,6,20H,4-5,7-8H2,1H3,(H,16,17,21). The highest BCUT2D eigenvalue weighted by Gasteiger charge is 2.24. The number of nitro benzene ring substituents is 1. The van der Waals surface area contributed by atoms with Gasteiger partial charge in [-0.25, -0.2) is 13.4 Å². The molecule has 0 spiro atoms. The lowest BCUT2D eigenvalue weighted by Gasteiger charge is -2.27. The molecule has 0 aliphatic carbocycles. The number of aromatic amines is 1. The number of rotatable bonds is 4. The Bertz CT molecular complexity index is 1050. The maximum Gasteiger partial charge on any atom is 0.310 e. The lowest BCUT2D eigenvalue weighted by Crippen LogP contribution is -2.36. The van der Waals surface area contributed by atoms with Crippen LogP contribution in [-0.4, -0.2) is 46.1 Å². The number of phenolic OH excluding ortho intramolecular Hbond substituents is 1. The van der Waals surface area contributed by atoms with Gasteiger partial charge in [-0.2, -0.15) is 0 Å². The molecule has 10 nitrogen and oxygen atoms in total. The molecule has 2 aromatic rings. The zero-order valence-corrected chi connectivity index (χ0v) is 14.6. The molecule has 1 aromatic heterocycles. The summed E-state index contributed by atoms with van der Waals surface area (Å²) >= 11 is 0. The number of nitro groups is 1. The summed E-state index contributed by atoms with van der Waals surface area (Å²) in [4.78, 5) is 30.5. The van der Waals surface area contributed by atoms with Crippen LogP contribution in [0.4, 0.5) is 5.69 Å². The van der Waals surface area contributed by atoms with Crippen molar-refractivity contribution in [2.45, 2.75) is 24.7 Å². The van der Waals surface area contributed by atoms with Crippen LogP contribution in [-0.2, 0) is 29.3 Å². The highest BCUT2D eigenvalue weighted by molar-refractivity contribution is 7.90. The summed E-state index contributed by atoms with van der Waals surface area (Å²) in [5, 5.41) is 20.1. The zero-order chi connectivity index (χ0) is 19.1. The maximum atomic E-state index is 12.2. The Labute approximate surface area is 148 Å². The maximum absolute atomic E-state index is 12.2. The van der Waals surface area contributed by atoms with E-state index in [-0.39, 0.29) is 17.4 Å². The average Bonchev–Trinajstić information content (AvgIpc) is 2.54. The monoisotopic (exact) mass is 380 g/mol. The molecule has 0 atom stereocenters. The number of hydrogen-bond donors (Lipinski definition) is 2. The molecule has 3 rings (SSSR count). The number of benzene rings is 1. The Balaban J connectivity index is 1.82. The molecule has 1 aromatic carbocycles. The summed E-state index contributed by atoms with van der Waals surface area (Å²) in [5.74, 6) is -0.415. The Morgan fingerprint density at radius 3 is 2.77 bits per heavy atom. The molecule has 0 radical (unpaired) electrons. The lowest BCUT2D eigenvalue weighted by molar-refractivity contribution is -0.385. The van der Waals surface area contributed by atoms with Crippen LogP contribution < -0.4 is 5.56 Å². The Hall–Kier alpha value is -2.79. The fourth-order valence-electron chi connectivity index (χ4n) is 2.85. The summed E-state index contributed by atoms with van der Waals surface area (Å²) < 4.78 is 23.1. The molecule has 2 N–H and O–H groups in total. The molecule has 1 aliphatic heterocycles. The summed E-state index contributed by atoms with van der Waals surface area (Å²) in [7, 11) is -3.60. The van der Waals surface area contributed by atoms with Crippen molar-refractivity contribution in [2.75, 3.05) is 12.8 Å². The molecule has 0 bridgehead atoms. The Morgan fingerprint density at radius 1 is 1.42 bits per heavy atom. The van der Waals surface area contributed by atoms with Crippen LogP contribution >= 0.6 is 0 Å². The van der Waals surface area contributed by atoms with Gasteiger partial charge in [0.15, 0.2) is 5.75 Å². The number of aromatic hydroxyl groups is 1. The van der Waals surface area contributed by atoms with Gasteiger partial charge < -0.3 is 5.11 Å². The quantitative estimate of drug-likeness (QED) is 0.439. The van der Waals surface area contributed by atoms with Crippen LogP contribution in [0.3, 0.4) is 0 Å². The third-order valence-corrected chi connectivity index (χ3v) is 5.02. The lowest BCUT2D eigenvalue weighted by atomic mass is 10.1. The van der Waals surface area contributed by atoms with Crippen LogP contribution in [0.25, 0.3) is 0 Å². The molecular formula is C15H16N4O6S. The number of aromatic nitrogens is 2. The van der Waals surface area contributed by atoms with Gasteiger partial charge in [0.05, 0.1) is 16.2 Å². The van der Waals surface area contributed by atoms with E-state index in [1.807, 2.05) is 4.90 Å². The molecule has 0 fully saturated rings. The fourth-order valence-corrected chi connectivity index (χ4v) is 3.40. The van der Waals surface area contributed by atoms with Crippen molar-refractivity contribution in [3.8, 4) is 5.75 Å². The van der Waals surface area contributed by atoms with E-state index in [4.69, 9.17) is 0 Å². The van der Waals surface area contributed by atoms with Crippen LogP contribution in [0.15, 0.2) is 28.2 Å². The first-order valence-corrected chi connectivity index (χ1v) is 9.55. The second-order valence-corrected chi connectivity index (χ2v) is 8.04. The average molecular weight is 380 g/mol. The molecule has 1 aliphatic rings. The molecule has 0 saturated carbocycles. The van der Waals surface area contributed by atoms with Crippen molar-refractivity contribution in [2.24, 2.45) is 0 Å². The van der Waals surface area contributed by atoms with Crippen molar-refractivity contribution >= 4 is 15.5 Å². The summed E-state index contributed by atoms with van der Waals surface area (Å²) in [5.41, 5.74) is 0.652. The molecule has 11 heteroatoms. The molecule has 26 heavy (non-hydrogen) atoms. The number of H-pyrrole nitrogens is 1. The van der Waals surface area contributed by atoms with E-state index < -0.39 is 26.1 Å². The minimum Gasteiger partial charge on any atom is -0.502 e. The Morgan fingerprint density at radius 2 is 2.15 bits per heavy atom. The first-order valence-electron chi connectivity index (χ1n) is 7.66. The van der Waals surface area contributed by atoms with E-state index in [9.17, 15) is 28.4 Å². The van der Waals surface area contributed by atoms with Gasteiger partial charge in [-0.3, -0.25) is 24.8 Å². The number of hydrogen-bond acceptors (Lipinski definition) is 8. The summed E-state index contributed by atoms with van der Waals surface area (Å²) in [6, 6.07) is 4.10. The van der Waals surface area contributed by atoms with Crippen molar-refractivity contribution in [1.29, 1.82) is 0 Å². The minimum absolute atomic E-state index is 0.263. The number of nitrogens with zero attached hydrogens (tertiary/aromatic N) is 3. The second-order valence-electron chi connectivity index (χ2n) is 6.11. The van der Waals surface area contributed by atoms with Gasteiger partial charge >= 0.3 is 5.69 Å². The van der Waals surface area contributed by atoms with E-state index in [2.05, 4.69) is 9.97 Å². The van der Waals surface area contributed by atoms with Crippen molar-refractivity contribution in [1.82, 2.24) is 14.9 Å². The fraction of sp³-hybridized carbons (Fsp3) is 0.333. The van der Waals surface area contributed by atoms with Gasteiger partial charge in [0.1, 0.15) is 0 Å². The van der Waals surface area contributed by atoms with E-state index in [1.165, 1.54) is 12.1 Å². The third kappa shape index (κ3) is 3.58. The van der Waals surface area contributed by atoms with Crippen LogP contribution in [0.1, 0.15) is 16.8 Å². The summed E-state index contributed by atoms with van der Waals surface area (Å²) in [6.07, 6.45) is 1.38. The molecule has 2 heterocycles. The normalized spacial score (nSPS) is 14.8. The van der Waals surface area contributed by atoms with Crippen LogP contribution in [0.5, 0.6) is 5.75 Å². The third-order valence-electron chi connectivity index (χ3n) is 4.12. The van der Waals surface area contributed by atoms with Gasteiger partial charge in [-0.05, 0) is 11.6 Å². The highest BCUT2D eigenvalue weighted by atomic mass is 32.2. The first-order chi connectivity index (χ1) is 12.1. The number of phenols is 1. The number of sulfone groups is 1. The summed E-state index contributed by atoms with van der Waals surface area (Å²) in [6.45, 7) is 1.17.